The summed E-state index contributed by atoms with van der Waals surface area (Å²) in [6.07, 6.45) is 0.338. The minimum absolute atomic E-state index is 0.0758. The highest BCUT2D eigenvalue weighted by Crippen LogP contribution is 2.40. The number of carbonyl (C=O) groups excluding carboxylic acids is 1. The van der Waals surface area contributed by atoms with Crippen LogP contribution in [0.2, 0.25) is 0 Å². The van der Waals surface area contributed by atoms with E-state index in [-0.39, 0.29) is 22.4 Å². The number of alkyl halides is 1. The maximum Gasteiger partial charge on any atom is 0.305 e. The Bertz CT molecular complexity index is 1950. The van der Waals surface area contributed by atoms with Gasteiger partial charge in [0.1, 0.15) is 35.3 Å². The number of aliphatic carboxylic acids is 1. The van der Waals surface area contributed by atoms with Gasteiger partial charge in [0.2, 0.25) is 5.91 Å². The van der Waals surface area contributed by atoms with Gasteiger partial charge in [0.25, 0.3) is 5.56 Å². The molecule has 11 heteroatoms. The van der Waals surface area contributed by atoms with Gasteiger partial charge in [0.05, 0.1) is 12.5 Å². The zero-order chi connectivity index (χ0) is 33.6. The van der Waals surface area contributed by atoms with E-state index in [9.17, 15) is 23.9 Å². The average molecular weight is 646 g/mol. The molecule has 3 heterocycles. The number of pyridine rings is 1. The SMILES string of the molecule is Cc1cc2cc(c1F)[C@@H](CC(=O)O)NC(=O)[C@H](n1cc(CCN3CC(F)C3)cc(C)c1=O)c1cc(ccc1F)Oc1cccc(C)c1-2. The van der Waals surface area contributed by atoms with Gasteiger partial charge in [-0.05, 0) is 91.9 Å². The Labute approximate surface area is 269 Å². The fraction of sp³-hybridized carbons (Fsp3) is 0.306. The third-order valence-electron chi connectivity index (χ3n) is 8.80. The number of rotatable bonds is 6. The summed E-state index contributed by atoms with van der Waals surface area (Å²) in [6, 6.07) is 11.0. The number of ether oxygens (including phenoxy) is 1. The summed E-state index contributed by atoms with van der Waals surface area (Å²) in [5.41, 5.74) is 2.25. The highest BCUT2D eigenvalue weighted by Gasteiger charge is 2.33. The van der Waals surface area contributed by atoms with Crippen LogP contribution >= 0.6 is 0 Å². The third-order valence-corrected chi connectivity index (χ3v) is 8.80. The molecule has 2 aliphatic rings. The molecule has 8 nitrogen and oxygen atoms in total. The van der Waals surface area contributed by atoms with E-state index in [2.05, 4.69) is 5.32 Å². The summed E-state index contributed by atoms with van der Waals surface area (Å²) in [6.45, 7) is 6.11. The van der Waals surface area contributed by atoms with Crippen LogP contribution < -0.4 is 15.6 Å². The first kappa shape index (κ1) is 32.1. The quantitative estimate of drug-likeness (QED) is 0.269. The lowest BCUT2D eigenvalue weighted by Gasteiger charge is -2.34. The number of hydrogen-bond acceptors (Lipinski definition) is 5. The van der Waals surface area contributed by atoms with Crippen molar-refractivity contribution in [1.82, 2.24) is 14.8 Å². The highest BCUT2D eigenvalue weighted by atomic mass is 19.1. The topological polar surface area (TPSA) is 101 Å². The zero-order valence-electron chi connectivity index (χ0n) is 26.1. The molecule has 0 spiro atoms. The van der Waals surface area contributed by atoms with Crippen LogP contribution in [0.1, 0.15) is 51.9 Å². The Morgan fingerprint density at radius 3 is 2.47 bits per heavy atom. The van der Waals surface area contributed by atoms with Crippen LogP contribution in [0.15, 0.2) is 65.6 Å². The Kier molecular flexibility index (Phi) is 8.67. The highest BCUT2D eigenvalue weighted by molar-refractivity contribution is 5.85. The Balaban J connectivity index is 1.56. The lowest BCUT2D eigenvalue weighted by molar-refractivity contribution is -0.137. The van der Waals surface area contributed by atoms with Gasteiger partial charge < -0.3 is 15.2 Å². The van der Waals surface area contributed by atoms with Gasteiger partial charge in [-0.2, -0.15) is 0 Å². The molecule has 1 amide bonds. The third kappa shape index (κ3) is 6.40. The second-order valence-electron chi connectivity index (χ2n) is 12.3. The number of halogens is 3. The first-order valence-corrected chi connectivity index (χ1v) is 15.4. The molecular weight excluding hydrogens is 611 g/mol. The number of aromatic nitrogens is 1. The van der Waals surface area contributed by atoms with Crippen LogP contribution in [0, 0.1) is 32.4 Å². The van der Waals surface area contributed by atoms with Crippen LogP contribution in [0.5, 0.6) is 11.5 Å². The van der Waals surface area contributed by atoms with Crippen molar-refractivity contribution in [2.24, 2.45) is 0 Å². The van der Waals surface area contributed by atoms with Crippen LogP contribution in [0.3, 0.4) is 0 Å². The van der Waals surface area contributed by atoms with Crippen molar-refractivity contribution in [3.63, 3.8) is 0 Å². The maximum atomic E-state index is 15.9. The van der Waals surface area contributed by atoms with Gasteiger partial charge in [-0.15, -0.1) is 0 Å². The van der Waals surface area contributed by atoms with Crippen LogP contribution in [-0.4, -0.2) is 52.3 Å². The minimum atomic E-state index is -1.62. The molecule has 2 aliphatic heterocycles. The molecule has 6 rings (SSSR count). The molecule has 1 aromatic heterocycles. The standard InChI is InChI=1S/C36H34F3N3O5/c1-19-5-4-6-30-32(19)23-12-20(2)33(39)27(13-23)29(15-31(43)44)40-35(45)34(26-14-25(47-30)7-8-28(26)38)42-16-22(11-21(3)36(42)46)9-10-41-17-24(37)18-41/h4-8,11-14,16,24,29,34H,9-10,15,17-18H2,1-3H3,(H,40,45)(H,43,44)/t29-,34-/m1/s1. The first-order chi connectivity index (χ1) is 22.4. The van der Waals surface area contributed by atoms with E-state index in [1.165, 1.54) is 24.4 Å². The molecule has 47 heavy (non-hydrogen) atoms. The van der Waals surface area contributed by atoms with Crippen LogP contribution in [0.4, 0.5) is 13.2 Å². The second kappa shape index (κ2) is 12.7. The summed E-state index contributed by atoms with van der Waals surface area (Å²) in [4.78, 5) is 42.0. The summed E-state index contributed by atoms with van der Waals surface area (Å²) in [5, 5.41) is 12.5. The van der Waals surface area contributed by atoms with E-state index in [1.54, 1.807) is 38.1 Å². The number of benzene rings is 3. The Morgan fingerprint density at radius 1 is 0.979 bits per heavy atom. The molecule has 4 aromatic rings. The lowest BCUT2D eigenvalue weighted by atomic mass is 9.92. The zero-order valence-corrected chi connectivity index (χ0v) is 26.1. The van der Waals surface area contributed by atoms with Crippen molar-refractivity contribution in [2.75, 3.05) is 19.6 Å². The van der Waals surface area contributed by atoms with Crippen molar-refractivity contribution < 1.29 is 32.6 Å². The molecule has 4 bridgehead atoms. The van der Waals surface area contributed by atoms with E-state index in [4.69, 9.17) is 4.74 Å². The summed E-state index contributed by atoms with van der Waals surface area (Å²) in [5.74, 6) is -3.16. The molecule has 244 valence electrons. The van der Waals surface area contributed by atoms with Crippen molar-refractivity contribution in [3.8, 4) is 22.6 Å². The van der Waals surface area contributed by atoms with Gasteiger partial charge >= 0.3 is 5.97 Å². The normalized spacial score (nSPS) is 18.1. The second-order valence-corrected chi connectivity index (χ2v) is 12.3. The van der Waals surface area contributed by atoms with Gasteiger partial charge in [0, 0.05) is 48.1 Å². The van der Waals surface area contributed by atoms with E-state index < -0.39 is 53.7 Å². The number of carboxylic acid groups (broad SMARTS) is 1. The lowest BCUT2D eigenvalue weighted by Crippen LogP contribution is -2.49. The van der Waals surface area contributed by atoms with E-state index >= 15 is 8.78 Å². The molecule has 0 radical (unpaired) electrons. The van der Waals surface area contributed by atoms with Gasteiger partial charge in [-0.25, -0.2) is 13.2 Å². The Hall–Kier alpha value is -4.90. The predicted molar refractivity (Wildman–Crippen MR) is 170 cm³/mol. The first-order valence-electron chi connectivity index (χ1n) is 15.4. The molecule has 1 saturated heterocycles. The Morgan fingerprint density at radius 2 is 1.74 bits per heavy atom. The molecule has 0 unspecified atom stereocenters. The summed E-state index contributed by atoms with van der Waals surface area (Å²) >= 11 is 0. The number of aryl methyl sites for hydroxylation is 3. The van der Waals surface area contributed by atoms with Crippen molar-refractivity contribution in [1.29, 1.82) is 0 Å². The molecule has 3 aromatic carbocycles. The average Bonchev–Trinajstić information content (AvgIpc) is 2.99. The predicted octanol–water partition coefficient (Wildman–Crippen LogP) is 5.94. The molecule has 1 fully saturated rings. The molecular formula is C36H34F3N3O5. The van der Waals surface area contributed by atoms with E-state index in [0.717, 1.165) is 16.2 Å². The number of nitrogens with zero attached hydrogens (tertiary/aromatic N) is 2. The molecule has 0 saturated carbocycles. The number of hydrogen-bond donors (Lipinski definition) is 2. The number of nitrogens with one attached hydrogen (secondary N) is 1. The number of amides is 1. The number of likely N-dealkylation sites (tertiary alicyclic amines) is 1. The smallest absolute Gasteiger partial charge is 0.305 e. The molecule has 2 atom stereocenters. The molecule has 0 aliphatic carbocycles. The van der Waals surface area contributed by atoms with E-state index in [1.807, 2.05) is 17.9 Å². The van der Waals surface area contributed by atoms with Crippen molar-refractivity contribution >= 4 is 11.9 Å². The fourth-order valence-corrected chi connectivity index (χ4v) is 6.42. The minimum Gasteiger partial charge on any atom is -0.481 e. The fourth-order valence-electron chi connectivity index (χ4n) is 6.42. The summed E-state index contributed by atoms with van der Waals surface area (Å²) in [7, 11) is 0. The van der Waals surface area contributed by atoms with Gasteiger partial charge in [0.15, 0.2) is 0 Å². The number of carboxylic acids is 1. The van der Waals surface area contributed by atoms with Crippen LogP contribution in [0.25, 0.3) is 11.1 Å². The monoisotopic (exact) mass is 645 g/mol. The maximum absolute atomic E-state index is 15.9. The molecule has 2 N–H and O–H groups in total. The number of carbonyl (C=O) groups is 2. The number of fused-ring (bicyclic) bond motifs is 6. The van der Waals surface area contributed by atoms with Gasteiger partial charge in [-0.3, -0.25) is 23.9 Å². The van der Waals surface area contributed by atoms with Crippen LogP contribution in [-0.2, 0) is 16.0 Å². The van der Waals surface area contributed by atoms with Crippen molar-refractivity contribution in [2.45, 2.75) is 51.9 Å². The largest absolute Gasteiger partial charge is 0.481 e. The van der Waals surface area contributed by atoms with Gasteiger partial charge in [-0.1, -0.05) is 12.1 Å². The van der Waals surface area contributed by atoms with E-state index in [0.29, 0.717) is 54.1 Å². The summed E-state index contributed by atoms with van der Waals surface area (Å²) < 4.78 is 52.5. The van der Waals surface area contributed by atoms with Crippen molar-refractivity contribution in [3.05, 3.63) is 116 Å².